The van der Waals surface area contributed by atoms with Crippen molar-refractivity contribution in [1.29, 1.82) is 0 Å². The van der Waals surface area contributed by atoms with Crippen LogP contribution in [-0.4, -0.2) is 24.5 Å². The zero-order chi connectivity index (χ0) is 12.5. The molecule has 0 spiro atoms. The van der Waals surface area contributed by atoms with Crippen molar-refractivity contribution < 1.29 is 4.79 Å². The molecule has 1 amide bonds. The van der Waals surface area contributed by atoms with E-state index in [1.165, 1.54) is 32.1 Å². The Morgan fingerprint density at radius 3 is 2.65 bits per heavy atom. The largest absolute Gasteiger partial charge is 0.352 e. The van der Waals surface area contributed by atoms with Crippen LogP contribution in [0.3, 0.4) is 0 Å². The highest BCUT2D eigenvalue weighted by Gasteiger charge is 2.18. The molecule has 1 aliphatic rings. The number of rotatable bonds is 7. The number of piperidine rings is 1. The fourth-order valence-corrected chi connectivity index (χ4v) is 2.31. The monoisotopic (exact) mass is 240 g/mol. The molecule has 0 aromatic carbocycles. The highest BCUT2D eigenvalue weighted by atomic mass is 16.1. The number of amides is 1. The second kappa shape index (κ2) is 8.51. The summed E-state index contributed by atoms with van der Waals surface area (Å²) in [5.41, 5.74) is 0. The van der Waals surface area contributed by atoms with Crippen molar-refractivity contribution in [3.05, 3.63) is 0 Å². The average molecular weight is 240 g/mol. The number of hydrogen-bond acceptors (Lipinski definition) is 2. The molecular weight excluding hydrogens is 212 g/mol. The molecule has 1 rings (SSSR count). The van der Waals surface area contributed by atoms with Gasteiger partial charge in [0.1, 0.15) is 0 Å². The predicted octanol–water partition coefficient (Wildman–Crippen LogP) is 2.60. The minimum atomic E-state index is 0.239. The van der Waals surface area contributed by atoms with Crippen molar-refractivity contribution in [2.75, 3.05) is 6.54 Å². The van der Waals surface area contributed by atoms with Gasteiger partial charge in [-0.05, 0) is 26.2 Å². The van der Waals surface area contributed by atoms with Gasteiger partial charge in [0.05, 0.1) is 0 Å². The van der Waals surface area contributed by atoms with Crippen LogP contribution in [0, 0.1) is 0 Å². The van der Waals surface area contributed by atoms with E-state index in [-0.39, 0.29) is 5.91 Å². The molecule has 3 nitrogen and oxygen atoms in total. The predicted molar refractivity (Wildman–Crippen MR) is 72.0 cm³/mol. The topological polar surface area (TPSA) is 41.1 Å². The Balaban J connectivity index is 2.00. The molecule has 0 bridgehead atoms. The highest BCUT2D eigenvalue weighted by Crippen LogP contribution is 2.09. The van der Waals surface area contributed by atoms with E-state index in [1.54, 1.807) is 0 Å². The summed E-state index contributed by atoms with van der Waals surface area (Å²) in [6, 6.07) is 0.964. The lowest BCUT2D eigenvalue weighted by Gasteiger charge is -2.28. The van der Waals surface area contributed by atoms with Gasteiger partial charge in [-0.3, -0.25) is 4.79 Å². The molecule has 3 heteroatoms. The summed E-state index contributed by atoms with van der Waals surface area (Å²) in [7, 11) is 0. The number of unbranched alkanes of at least 4 members (excludes halogenated alkanes) is 4. The molecule has 1 aliphatic heterocycles. The summed E-state index contributed by atoms with van der Waals surface area (Å²) in [6.07, 6.45) is 9.06. The van der Waals surface area contributed by atoms with Crippen molar-refractivity contribution in [2.24, 2.45) is 0 Å². The van der Waals surface area contributed by atoms with Gasteiger partial charge >= 0.3 is 0 Å². The number of nitrogens with one attached hydrogen (secondary N) is 2. The smallest absolute Gasteiger partial charge is 0.220 e. The summed E-state index contributed by atoms with van der Waals surface area (Å²) in [4.78, 5) is 11.7. The standard InChI is InChI=1S/C14H28N2O/c1-3-4-5-6-7-8-14(17)16-13-10-9-12(2)15-11-13/h12-13,15H,3-11H2,1-2H3,(H,16,17). The van der Waals surface area contributed by atoms with Gasteiger partial charge < -0.3 is 10.6 Å². The van der Waals surface area contributed by atoms with Crippen LogP contribution in [0.5, 0.6) is 0 Å². The molecule has 17 heavy (non-hydrogen) atoms. The van der Waals surface area contributed by atoms with Gasteiger partial charge in [-0.25, -0.2) is 0 Å². The molecule has 0 aromatic rings. The van der Waals surface area contributed by atoms with E-state index in [9.17, 15) is 4.79 Å². The van der Waals surface area contributed by atoms with Crippen LogP contribution in [0.15, 0.2) is 0 Å². The first kappa shape index (κ1) is 14.5. The second-order valence-corrected chi connectivity index (χ2v) is 5.32. The van der Waals surface area contributed by atoms with Crippen LogP contribution < -0.4 is 10.6 Å². The lowest BCUT2D eigenvalue weighted by molar-refractivity contribution is -0.122. The molecule has 2 atom stereocenters. The molecule has 0 radical (unpaired) electrons. The molecule has 0 aliphatic carbocycles. The van der Waals surface area contributed by atoms with Gasteiger partial charge in [-0.15, -0.1) is 0 Å². The van der Waals surface area contributed by atoms with Gasteiger partial charge in [-0.1, -0.05) is 32.6 Å². The minimum Gasteiger partial charge on any atom is -0.352 e. The van der Waals surface area contributed by atoms with Crippen molar-refractivity contribution in [3.8, 4) is 0 Å². The molecule has 0 aromatic heterocycles. The molecule has 1 fully saturated rings. The third-order valence-corrected chi connectivity index (χ3v) is 3.53. The summed E-state index contributed by atoms with van der Waals surface area (Å²) < 4.78 is 0. The van der Waals surface area contributed by atoms with Crippen LogP contribution in [-0.2, 0) is 4.79 Å². The van der Waals surface area contributed by atoms with Crippen molar-refractivity contribution >= 4 is 5.91 Å². The Bertz CT molecular complexity index is 210. The van der Waals surface area contributed by atoms with E-state index in [0.717, 1.165) is 19.4 Å². The summed E-state index contributed by atoms with van der Waals surface area (Å²) >= 11 is 0. The van der Waals surface area contributed by atoms with E-state index in [0.29, 0.717) is 18.5 Å². The molecule has 1 saturated heterocycles. The third kappa shape index (κ3) is 6.67. The van der Waals surface area contributed by atoms with Crippen molar-refractivity contribution in [1.82, 2.24) is 10.6 Å². The molecule has 1 heterocycles. The van der Waals surface area contributed by atoms with Crippen LogP contribution >= 0.6 is 0 Å². The summed E-state index contributed by atoms with van der Waals surface area (Å²) in [5.74, 6) is 0.239. The van der Waals surface area contributed by atoms with Crippen molar-refractivity contribution in [2.45, 2.75) is 77.3 Å². The summed E-state index contributed by atoms with van der Waals surface area (Å²) in [5, 5.41) is 6.54. The van der Waals surface area contributed by atoms with Gasteiger partial charge in [-0.2, -0.15) is 0 Å². The van der Waals surface area contributed by atoms with Gasteiger partial charge in [0, 0.05) is 25.0 Å². The molecule has 2 N–H and O–H groups in total. The third-order valence-electron chi connectivity index (χ3n) is 3.53. The number of carbonyl (C=O) groups is 1. The quantitative estimate of drug-likeness (QED) is 0.672. The van der Waals surface area contributed by atoms with Crippen LogP contribution in [0.25, 0.3) is 0 Å². The first-order valence-corrected chi connectivity index (χ1v) is 7.25. The highest BCUT2D eigenvalue weighted by molar-refractivity contribution is 5.76. The fraction of sp³-hybridized carbons (Fsp3) is 0.929. The Labute approximate surface area is 106 Å². The van der Waals surface area contributed by atoms with Crippen LogP contribution in [0.2, 0.25) is 0 Å². The molecule has 0 saturated carbocycles. The van der Waals surface area contributed by atoms with Gasteiger partial charge in [0.15, 0.2) is 0 Å². The zero-order valence-electron chi connectivity index (χ0n) is 11.4. The van der Waals surface area contributed by atoms with E-state index < -0.39 is 0 Å². The number of carbonyl (C=O) groups excluding carboxylic acids is 1. The maximum atomic E-state index is 11.7. The van der Waals surface area contributed by atoms with Crippen LogP contribution in [0.1, 0.15) is 65.2 Å². The second-order valence-electron chi connectivity index (χ2n) is 5.32. The van der Waals surface area contributed by atoms with Gasteiger partial charge in [0.25, 0.3) is 0 Å². The summed E-state index contributed by atoms with van der Waals surface area (Å²) in [6.45, 7) is 5.35. The first-order valence-electron chi connectivity index (χ1n) is 7.25. The van der Waals surface area contributed by atoms with E-state index in [4.69, 9.17) is 0 Å². The fourth-order valence-electron chi connectivity index (χ4n) is 2.31. The normalized spacial score (nSPS) is 24.6. The lowest BCUT2D eigenvalue weighted by Crippen LogP contribution is -2.48. The van der Waals surface area contributed by atoms with Crippen molar-refractivity contribution in [3.63, 3.8) is 0 Å². The maximum absolute atomic E-state index is 11.7. The van der Waals surface area contributed by atoms with E-state index >= 15 is 0 Å². The Kier molecular flexibility index (Phi) is 7.25. The first-order chi connectivity index (χ1) is 8.22. The average Bonchev–Trinajstić information content (AvgIpc) is 2.32. The van der Waals surface area contributed by atoms with Gasteiger partial charge in [0.2, 0.25) is 5.91 Å². The molecule has 100 valence electrons. The lowest BCUT2D eigenvalue weighted by atomic mass is 10.0. The van der Waals surface area contributed by atoms with Crippen LogP contribution in [0.4, 0.5) is 0 Å². The Morgan fingerprint density at radius 2 is 2.00 bits per heavy atom. The Morgan fingerprint density at radius 1 is 1.24 bits per heavy atom. The minimum absolute atomic E-state index is 0.239. The number of hydrogen-bond donors (Lipinski definition) is 2. The Hall–Kier alpha value is -0.570. The SMILES string of the molecule is CCCCCCCC(=O)NC1CCC(C)NC1. The molecular formula is C14H28N2O. The van der Waals surface area contributed by atoms with E-state index in [1.807, 2.05) is 0 Å². The van der Waals surface area contributed by atoms with E-state index in [2.05, 4.69) is 24.5 Å². The maximum Gasteiger partial charge on any atom is 0.220 e. The molecule has 2 unspecified atom stereocenters. The zero-order valence-corrected chi connectivity index (χ0v) is 11.4.